The number of nitrogens with two attached hydrogens (primary N) is 1. The first kappa shape index (κ1) is 11.3. The van der Waals surface area contributed by atoms with Crippen molar-refractivity contribution in [2.45, 2.75) is 19.9 Å². The van der Waals surface area contributed by atoms with Crippen LogP contribution >= 0.6 is 11.3 Å². The van der Waals surface area contributed by atoms with E-state index in [4.69, 9.17) is 5.84 Å². The second-order valence-electron chi connectivity index (χ2n) is 3.82. The highest BCUT2D eigenvalue weighted by Gasteiger charge is 2.13. The fourth-order valence-corrected chi connectivity index (χ4v) is 2.38. The maximum Gasteiger partial charge on any atom is 0.0733 e. The van der Waals surface area contributed by atoms with Gasteiger partial charge in [0.1, 0.15) is 0 Å². The second kappa shape index (κ2) is 4.74. The standard InChI is InChI=1S/C12H15N3S/c1-8-3-4-10(6-14-8)12(15-13)11-5-9(2)16-7-11/h3-7,12,15H,13H2,1-2H3. The Kier molecular flexibility index (Phi) is 3.33. The van der Waals surface area contributed by atoms with Crippen LogP contribution in [0.3, 0.4) is 0 Å². The molecule has 0 aliphatic rings. The Bertz CT molecular complexity index is 461. The van der Waals surface area contributed by atoms with Gasteiger partial charge in [-0.2, -0.15) is 0 Å². The van der Waals surface area contributed by atoms with Gasteiger partial charge in [-0.1, -0.05) is 6.07 Å². The first-order chi connectivity index (χ1) is 7.70. The summed E-state index contributed by atoms with van der Waals surface area (Å²) in [7, 11) is 0. The van der Waals surface area contributed by atoms with Gasteiger partial charge in [0.2, 0.25) is 0 Å². The van der Waals surface area contributed by atoms with E-state index in [0.717, 1.165) is 11.3 Å². The summed E-state index contributed by atoms with van der Waals surface area (Å²) in [5.74, 6) is 5.61. The van der Waals surface area contributed by atoms with Crippen molar-refractivity contribution in [3.8, 4) is 0 Å². The molecule has 0 aliphatic carbocycles. The summed E-state index contributed by atoms with van der Waals surface area (Å²) in [5, 5.41) is 2.12. The molecular weight excluding hydrogens is 218 g/mol. The average Bonchev–Trinajstić information content (AvgIpc) is 2.69. The lowest BCUT2D eigenvalue weighted by Crippen LogP contribution is -2.28. The fraction of sp³-hybridized carbons (Fsp3) is 0.250. The highest BCUT2D eigenvalue weighted by molar-refractivity contribution is 7.10. The summed E-state index contributed by atoms with van der Waals surface area (Å²) in [6.07, 6.45) is 1.87. The number of rotatable bonds is 3. The SMILES string of the molecule is Cc1ccc(C(NN)c2csc(C)c2)cn1. The molecule has 16 heavy (non-hydrogen) atoms. The quantitative estimate of drug-likeness (QED) is 0.632. The Balaban J connectivity index is 2.32. The number of pyridine rings is 1. The molecule has 2 aromatic heterocycles. The number of thiophene rings is 1. The minimum Gasteiger partial charge on any atom is -0.271 e. The van der Waals surface area contributed by atoms with Crippen LogP contribution in [0, 0.1) is 13.8 Å². The van der Waals surface area contributed by atoms with Gasteiger partial charge in [0.15, 0.2) is 0 Å². The molecular formula is C12H15N3S. The summed E-state index contributed by atoms with van der Waals surface area (Å²) in [5.41, 5.74) is 6.13. The van der Waals surface area contributed by atoms with Crippen LogP contribution in [0.2, 0.25) is 0 Å². The van der Waals surface area contributed by atoms with Gasteiger partial charge < -0.3 is 0 Å². The van der Waals surface area contributed by atoms with Crippen molar-refractivity contribution in [1.29, 1.82) is 0 Å². The third-order valence-electron chi connectivity index (χ3n) is 2.52. The molecule has 0 amide bonds. The van der Waals surface area contributed by atoms with E-state index in [-0.39, 0.29) is 6.04 Å². The zero-order valence-corrected chi connectivity index (χ0v) is 10.2. The van der Waals surface area contributed by atoms with Crippen LogP contribution in [-0.4, -0.2) is 4.98 Å². The molecule has 2 rings (SSSR count). The molecule has 3 nitrogen and oxygen atoms in total. The minimum atomic E-state index is 0.0260. The smallest absolute Gasteiger partial charge is 0.0733 e. The molecule has 4 heteroatoms. The molecule has 3 N–H and O–H groups in total. The summed E-state index contributed by atoms with van der Waals surface area (Å²) in [6, 6.07) is 6.23. The maximum atomic E-state index is 5.61. The molecule has 0 fully saturated rings. The Morgan fingerprint density at radius 3 is 2.62 bits per heavy atom. The average molecular weight is 233 g/mol. The van der Waals surface area contributed by atoms with Crippen LogP contribution in [0.25, 0.3) is 0 Å². The van der Waals surface area contributed by atoms with Crippen LogP contribution in [0.5, 0.6) is 0 Å². The van der Waals surface area contributed by atoms with Gasteiger partial charge in [-0.25, -0.2) is 5.43 Å². The number of aromatic nitrogens is 1. The third kappa shape index (κ3) is 2.29. The van der Waals surface area contributed by atoms with E-state index in [1.165, 1.54) is 10.4 Å². The van der Waals surface area contributed by atoms with Crippen LogP contribution < -0.4 is 11.3 Å². The predicted octanol–water partition coefficient (Wildman–Crippen LogP) is 2.31. The van der Waals surface area contributed by atoms with Crippen LogP contribution in [0.4, 0.5) is 0 Å². The normalized spacial score (nSPS) is 12.7. The van der Waals surface area contributed by atoms with E-state index in [1.807, 2.05) is 19.2 Å². The van der Waals surface area contributed by atoms with Gasteiger partial charge in [-0.05, 0) is 42.5 Å². The van der Waals surface area contributed by atoms with Crippen molar-refractivity contribution in [1.82, 2.24) is 10.4 Å². The zero-order chi connectivity index (χ0) is 11.5. The van der Waals surface area contributed by atoms with Crippen LogP contribution in [0.15, 0.2) is 29.8 Å². The molecule has 0 aromatic carbocycles. The first-order valence-electron chi connectivity index (χ1n) is 5.14. The molecule has 1 atom stereocenters. The Hall–Kier alpha value is -1.23. The van der Waals surface area contributed by atoms with Crippen molar-refractivity contribution in [3.05, 3.63) is 51.5 Å². The van der Waals surface area contributed by atoms with E-state index < -0.39 is 0 Å². The van der Waals surface area contributed by atoms with Gasteiger partial charge in [-0.3, -0.25) is 10.8 Å². The topological polar surface area (TPSA) is 50.9 Å². The lowest BCUT2D eigenvalue weighted by atomic mass is 10.0. The van der Waals surface area contributed by atoms with Gasteiger partial charge in [0, 0.05) is 16.8 Å². The molecule has 0 saturated carbocycles. The predicted molar refractivity (Wildman–Crippen MR) is 67.2 cm³/mol. The lowest BCUT2D eigenvalue weighted by Gasteiger charge is -2.14. The molecule has 0 aliphatic heterocycles. The highest BCUT2D eigenvalue weighted by atomic mass is 32.1. The number of nitrogens with zero attached hydrogens (tertiary/aromatic N) is 1. The van der Waals surface area contributed by atoms with E-state index in [1.54, 1.807) is 11.3 Å². The van der Waals surface area contributed by atoms with Gasteiger partial charge in [0.25, 0.3) is 0 Å². The van der Waals surface area contributed by atoms with Crippen molar-refractivity contribution < 1.29 is 0 Å². The summed E-state index contributed by atoms with van der Waals surface area (Å²) in [4.78, 5) is 5.58. The monoisotopic (exact) mass is 233 g/mol. The molecule has 0 bridgehead atoms. The van der Waals surface area contributed by atoms with E-state index in [2.05, 4.69) is 34.8 Å². The second-order valence-corrected chi connectivity index (χ2v) is 4.94. The number of hydrazine groups is 1. The molecule has 2 aromatic rings. The van der Waals surface area contributed by atoms with E-state index >= 15 is 0 Å². The largest absolute Gasteiger partial charge is 0.271 e. The van der Waals surface area contributed by atoms with Crippen molar-refractivity contribution >= 4 is 11.3 Å². The Morgan fingerprint density at radius 1 is 1.31 bits per heavy atom. The van der Waals surface area contributed by atoms with Gasteiger partial charge in [-0.15, -0.1) is 11.3 Å². The summed E-state index contributed by atoms with van der Waals surface area (Å²) in [6.45, 7) is 4.07. The molecule has 0 radical (unpaired) electrons. The van der Waals surface area contributed by atoms with Crippen molar-refractivity contribution in [2.24, 2.45) is 5.84 Å². The van der Waals surface area contributed by atoms with Gasteiger partial charge in [0.05, 0.1) is 6.04 Å². The highest BCUT2D eigenvalue weighted by Crippen LogP contribution is 2.25. The molecule has 0 saturated heterocycles. The molecule has 1 unspecified atom stereocenters. The number of hydrogen-bond acceptors (Lipinski definition) is 4. The fourth-order valence-electron chi connectivity index (χ4n) is 1.65. The number of nitrogens with one attached hydrogen (secondary N) is 1. The van der Waals surface area contributed by atoms with Gasteiger partial charge >= 0.3 is 0 Å². The molecule has 2 heterocycles. The number of aryl methyl sites for hydroxylation is 2. The Labute approximate surface area is 99.3 Å². The lowest BCUT2D eigenvalue weighted by molar-refractivity contribution is 0.636. The van der Waals surface area contributed by atoms with Crippen molar-refractivity contribution in [3.63, 3.8) is 0 Å². The molecule has 84 valence electrons. The van der Waals surface area contributed by atoms with E-state index in [9.17, 15) is 0 Å². The third-order valence-corrected chi connectivity index (χ3v) is 3.40. The maximum absolute atomic E-state index is 5.61. The Morgan fingerprint density at radius 2 is 2.12 bits per heavy atom. The summed E-state index contributed by atoms with van der Waals surface area (Å²) < 4.78 is 0. The zero-order valence-electron chi connectivity index (χ0n) is 9.40. The first-order valence-corrected chi connectivity index (χ1v) is 6.02. The summed E-state index contributed by atoms with van der Waals surface area (Å²) >= 11 is 1.73. The van der Waals surface area contributed by atoms with Crippen LogP contribution in [-0.2, 0) is 0 Å². The minimum absolute atomic E-state index is 0.0260. The van der Waals surface area contributed by atoms with E-state index in [0.29, 0.717) is 0 Å². The number of hydrogen-bond donors (Lipinski definition) is 2. The van der Waals surface area contributed by atoms with Crippen molar-refractivity contribution in [2.75, 3.05) is 0 Å². The van der Waals surface area contributed by atoms with Crippen LogP contribution in [0.1, 0.15) is 27.7 Å². The molecule has 0 spiro atoms.